The molecule has 0 amide bonds. The zero-order valence-corrected chi connectivity index (χ0v) is 11.0. The van der Waals surface area contributed by atoms with Crippen molar-refractivity contribution in [1.29, 1.82) is 0 Å². The van der Waals surface area contributed by atoms with E-state index in [1.165, 1.54) is 4.31 Å². The van der Waals surface area contributed by atoms with Crippen LogP contribution >= 0.6 is 0 Å². The molecule has 0 saturated heterocycles. The van der Waals surface area contributed by atoms with Gasteiger partial charge in [-0.3, -0.25) is 4.31 Å². The number of nitrogens with two attached hydrogens (primary N) is 1. The molecular weight excluding hydrogens is 236 g/mol. The van der Waals surface area contributed by atoms with Crippen molar-refractivity contribution in [3.63, 3.8) is 0 Å². The summed E-state index contributed by atoms with van der Waals surface area (Å²) in [6, 6.07) is 9.17. The van der Waals surface area contributed by atoms with Crippen molar-refractivity contribution >= 4 is 15.7 Å². The molecule has 1 rings (SSSR count). The number of hydrogen-bond donors (Lipinski definition) is 1. The molecule has 0 unspecified atom stereocenters. The Balaban J connectivity index is 2.96. The smallest absolute Gasteiger partial charge is 0.236 e. The van der Waals surface area contributed by atoms with Gasteiger partial charge < -0.3 is 5.73 Å². The predicted molar refractivity (Wildman–Crippen MR) is 71.5 cm³/mol. The Labute approximate surface area is 103 Å². The van der Waals surface area contributed by atoms with Crippen LogP contribution in [0.25, 0.3) is 0 Å². The normalized spacial score (nSPS) is 11.4. The largest absolute Gasteiger partial charge is 0.329 e. The van der Waals surface area contributed by atoms with Gasteiger partial charge in [-0.05, 0) is 18.6 Å². The first-order chi connectivity index (χ1) is 8.11. The molecule has 0 aliphatic rings. The van der Waals surface area contributed by atoms with Crippen molar-refractivity contribution in [2.45, 2.75) is 19.8 Å². The first-order valence-electron chi connectivity index (χ1n) is 5.87. The summed E-state index contributed by atoms with van der Waals surface area (Å²) in [4.78, 5) is 0. The highest BCUT2D eigenvalue weighted by Gasteiger charge is 2.20. The SMILES string of the molecule is CCCCN(c1ccccc1)S(=O)(=O)CCN. The topological polar surface area (TPSA) is 63.4 Å². The number of nitrogens with zero attached hydrogens (tertiary/aromatic N) is 1. The van der Waals surface area contributed by atoms with Crippen molar-refractivity contribution in [2.75, 3.05) is 23.1 Å². The van der Waals surface area contributed by atoms with Crippen molar-refractivity contribution in [3.8, 4) is 0 Å². The van der Waals surface area contributed by atoms with Crippen LogP contribution in [-0.2, 0) is 10.0 Å². The van der Waals surface area contributed by atoms with Crippen LogP contribution in [0.2, 0.25) is 0 Å². The maximum Gasteiger partial charge on any atom is 0.236 e. The van der Waals surface area contributed by atoms with Gasteiger partial charge in [0.15, 0.2) is 0 Å². The number of sulfonamides is 1. The molecule has 0 heterocycles. The van der Waals surface area contributed by atoms with Gasteiger partial charge in [-0.15, -0.1) is 0 Å². The summed E-state index contributed by atoms with van der Waals surface area (Å²) >= 11 is 0. The predicted octanol–water partition coefficient (Wildman–Crippen LogP) is 1.58. The standard InChI is InChI=1S/C12H20N2O2S/c1-2-3-10-14(17(15,16)11-9-13)12-7-5-4-6-8-12/h4-8H,2-3,9-11,13H2,1H3. The highest BCUT2D eigenvalue weighted by atomic mass is 32.2. The Bertz CT molecular complexity index is 417. The van der Waals surface area contributed by atoms with Crippen LogP contribution in [0, 0.1) is 0 Å². The second-order valence-electron chi connectivity index (χ2n) is 3.87. The lowest BCUT2D eigenvalue weighted by Crippen LogP contribution is -2.36. The number of rotatable bonds is 7. The highest BCUT2D eigenvalue weighted by molar-refractivity contribution is 7.92. The fourth-order valence-corrected chi connectivity index (χ4v) is 2.95. The summed E-state index contributed by atoms with van der Waals surface area (Å²) in [5.41, 5.74) is 6.07. The van der Waals surface area contributed by atoms with E-state index in [0.717, 1.165) is 18.5 Å². The molecular formula is C12H20N2O2S. The third-order valence-corrected chi connectivity index (χ3v) is 4.29. The van der Waals surface area contributed by atoms with Gasteiger partial charge >= 0.3 is 0 Å². The molecule has 0 spiro atoms. The van der Waals surface area contributed by atoms with Gasteiger partial charge in [0, 0.05) is 13.1 Å². The number of hydrogen-bond acceptors (Lipinski definition) is 3. The maximum atomic E-state index is 12.1. The van der Waals surface area contributed by atoms with E-state index in [0.29, 0.717) is 6.54 Å². The lowest BCUT2D eigenvalue weighted by atomic mass is 10.3. The van der Waals surface area contributed by atoms with Crippen LogP contribution in [0.4, 0.5) is 5.69 Å². The summed E-state index contributed by atoms with van der Waals surface area (Å²) in [5, 5.41) is 0. The molecule has 0 atom stereocenters. The van der Waals surface area contributed by atoms with Crippen LogP contribution in [0.5, 0.6) is 0 Å². The molecule has 0 bridgehead atoms. The van der Waals surface area contributed by atoms with Crippen LogP contribution in [-0.4, -0.2) is 27.3 Å². The molecule has 1 aromatic carbocycles. The van der Waals surface area contributed by atoms with E-state index < -0.39 is 10.0 Å². The molecule has 17 heavy (non-hydrogen) atoms. The van der Waals surface area contributed by atoms with E-state index in [4.69, 9.17) is 5.73 Å². The molecule has 0 aliphatic carbocycles. The van der Waals surface area contributed by atoms with Crippen LogP contribution in [0.3, 0.4) is 0 Å². The first kappa shape index (κ1) is 14.0. The molecule has 2 N–H and O–H groups in total. The highest BCUT2D eigenvalue weighted by Crippen LogP contribution is 2.18. The second kappa shape index (κ2) is 6.61. The van der Waals surface area contributed by atoms with Crippen molar-refractivity contribution in [2.24, 2.45) is 5.73 Å². The number of unbranched alkanes of at least 4 members (excludes halogenated alkanes) is 1. The molecule has 0 fully saturated rings. The number of benzene rings is 1. The van der Waals surface area contributed by atoms with Gasteiger partial charge in [-0.25, -0.2) is 8.42 Å². The molecule has 0 radical (unpaired) electrons. The lowest BCUT2D eigenvalue weighted by Gasteiger charge is -2.24. The van der Waals surface area contributed by atoms with Gasteiger partial charge in [0.25, 0.3) is 0 Å². The van der Waals surface area contributed by atoms with Gasteiger partial charge in [0.1, 0.15) is 0 Å². The quantitative estimate of drug-likeness (QED) is 0.805. The van der Waals surface area contributed by atoms with Gasteiger partial charge in [0.2, 0.25) is 10.0 Å². The van der Waals surface area contributed by atoms with E-state index in [1.807, 2.05) is 37.3 Å². The minimum Gasteiger partial charge on any atom is -0.329 e. The number of anilines is 1. The Morgan fingerprint density at radius 1 is 1.24 bits per heavy atom. The Morgan fingerprint density at radius 3 is 2.41 bits per heavy atom. The van der Waals surface area contributed by atoms with Gasteiger partial charge in [-0.1, -0.05) is 31.5 Å². The van der Waals surface area contributed by atoms with Crippen LogP contribution in [0.1, 0.15) is 19.8 Å². The summed E-state index contributed by atoms with van der Waals surface area (Å²) in [5.74, 6) is -0.00832. The zero-order valence-electron chi connectivity index (χ0n) is 10.2. The molecule has 4 nitrogen and oxygen atoms in total. The molecule has 5 heteroatoms. The summed E-state index contributed by atoms with van der Waals surface area (Å²) in [6.45, 7) is 2.71. The third kappa shape index (κ3) is 4.02. The van der Waals surface area contributed by atoms with Gasteiger partial charge in [0.05, 0.1) is 11.4 Å². The van der Waals surface area contributed by atoms with Crippen LogP contribution < -0.4 is 10.0 Å². The van der Waals surface area contributed by atoms with Crippen molar-refractivity contribution < 1.29 is 8.42 Å². The van der Waals surface area contributed by atoms with Crippen LogP contribution in [0.15, 0.2) is 30.3 Å². The Kier molecular flexibility index (Phi) is 5.44. The molecule has 0 saturated carbocycles. The van der Waals surface area contributed by atoms with Gasteiger partial charge in [-0.2, -0.15) is 0 Å². The average molecular weight is 256 g/mol. The fraction of sp³-hybridized carbons (Fsp3) is 0.500. The zero-order chi connectivity index (χ0) is 12.7. The maximum absolute atomic E-state index is 12.1. The summed E-state index contributed by atoms with van der Waals surface area (Å²) in [6.07, 6.45) is 1.81. The Hall–Kier alpha value is -1.07. The van der Waals surface area contributed by atoms with E-state index in [9.17, 15) is 8.42 Å². The van der Waals surface area contributed by atoms with E-state index in [-0.39, 0.29) is 12.3 Å². The third-order valence-electron chi connectivity index (χ3n) is 2.47. The second-order valence-corrected chi connectivity index (χ2v) is 5.88. The molecule has 0 aliphatic heterocycles. The molecule has 1 aromatic rings. The summed E-state index contributed by atoms with van der Waals surface area (Å²) < 4.78 is 25.6. The van der Waals surface area contributed by atoms with Crippen molar-refractivity contribution in [3.05, 3.63) is 30.3 Å². The number of para-hydroxylation sites is 1. The summed E-state index contributed by atoms with van der Waals surface area (Å²) in [7, 11) is -3.29. The molecule has 0 aromatic heterocycles. The monoisotopic (exact) mass is 256 g/mol. The minimum absolute atomic E-state index is 0.00832. The van der Waals surface area contributed by atoms with E-state index in [2.05, 4.69) is 0 Å². The average Bonchev–Trinajstić information content (AvgIpc) is 2.30. The van der Waals surface area contributed by atoms with Crippen molar-refractivity contribution in [1.82, 2.24) is 0 Å². The molecule has 96 valence electrons. The fourth-order valence-electron chi connectivity index (χ4n) is 1.58. The minimum atomic E-state index is -3.29. The van der Waals surface area contributed by atoms with E-state index in [1.54, 1.807) is 0 Å². The first-order valence-corrected chi connectivity index (χ1v) is 7.48. The lowest BCUT2D eigenvalue weighted by molar-refractivity contribution is 0.588. The Morgan fingerprint density at radius 2 is 1.88 bits per heavy atom. The van der Waals surface area contributed by atoms with E-state index >= 15 is 0 Å².